The van der Waals surface area contributed by atoms with Crippen LogP contribution in [-0.4, -0.2) is 4.98 Å². The number of nitrogens with one attached hydrogen (secondary N) is 1. The molecule has 0 aliphatic heterocycles. The number of nitrogens with zero attached hydrogens (tertiary/aromatic N) is 1. The molecule has 1 aliphatic carbocycles. The number of aromatic nitrogens is 1. The molecule has 102 valence electrons. The summed E-state index contributed by atoms with van der Waals surface area (Å²) in [5.74, 6) is 1.71. The van der Waals surface area contributed by atoms with Crippen molar-refractivity contribution in [3.05, 3.63) is 38.7 Å². The van der Waals surface area contributed by atoms with Crippen LogP contribution in [0.4, 0.5) is 0 Å². The Labute approximate surface area is 122 Å². The van der Waals surface area contributed by atoms with Crippen LogP contribution in [-0.2, 0) is 19.4 Å². The molecule has 2 aromatic heterocycles. The van der Waals surface area contributed by atoms with Gasteiger partial charge in [-0.25, -0.2) is 4.98 Å². The third-order valence-corrected chi connectivity index (χ3v) is 4.87. The average molecular weight is 297 g/mol. The van der Waals surface area contributed by atoms with Crippen molar-refractivity contribution in [2.45, 2.75) is 45.2 Å². The Balaban J connectivity index is 1.67. The average Bonchev–Trinajstić information content (AvgIpc) is 3.01. The van der Waals surface area contributed by atoms with E-state index in [-0.39, 0.29) is 0 Å². The summed E-state index contributed by atoms with van der Waals surface area (Å²) >= 11 is 7.83. The van der Waals surface area contributed by atoms with Gasteiger partial charge >= 0.3 is 0 Å². The van der Waals surface area contributed by atoms with Crippen LogP contribution in [0.15, 0.2) is 16.7 Å². The van der Waals surface area contributed by atoms with E-state index in [9.17, 15) is 0 Å². The normalized spacial score (nSPS) is 18.5. The molecule has 19 heavy (non-hydrogen) atoms. The molecule has 0 fully saturated rings. The number of rotatable bonds is 4. The van der Waals surface area contributed by atoms with Crippen LogP contribution >= 0.6 is 22.9 Å². The molecule has 0 radical (unpaired) electrons. The predicted molar refractivity (Wildman–Crippen MR) is 77.7 cm³/mol. The third-order valence-electron chi connectivity index (χ3n) is 3.53. The summed E-state index contributed by atoms with van der Waals surface area (Å²) in [7, 11) is 0. The minimum Gasteiger partial charge on any atom is -0.444 e. The number of halogens is 1. The monoisotopic (exact) mass is 296 g/mol. The van der Waals surface area contributed by atoms with Gasteiger partial charge in [0.15, 0.2) is 0 Å². The van der Waals surface area contributed by atoms with Crippen molar-refractivity contribution in [2.75, 3.05) is 0 Å². The van der Waals surface area contributed by atoms with Crippen LogP contribution in [0, 0.1) is 0 Å². The van der Waals surface area contributed by atoms with Crippen LogP contribution in [0.5, 0.6) is 0 Å². The molecule has 2 aromatic rings. The van der Waals surface area contributed by atoms with Crippen molar-refractivity contribution in [3.8, 4) is 0 Å². The van der Waals surface area contributed by atoms with Crippen LogP contribution in [0.3, 0.4) is 0 Å². The van der Waals surface area contributed by atoms with Gasteiger partial charge in [0.25, 0.3) is 0 Å². The maximum absolute atomic E-state index is 6.12. The fourth-order valence-electron chi connectivity index (χ4n) is 2.54. The van der Waals surface area contributed by atoms with E-state index in [0.29, 0.717) is 12.6 Å². The summed E-state index contributed by atoms with van der Waals surface area (Å²) in [6.07, 6.45) is 6.23. The lowest BCUT2D eigenvalue weighted by Crippen LogP contribution is -2.23. The van der Waals surface area contributed by atoms with E-state index in [4.69, 9.17) is 16.0 Å². The van der Waals surface area contributed by atoms with Gasteiger partial charge in [0.1, 0.15) is 5.76 Å². The van der Waals surface area contributed by atoms with Crippen LogP contribution in [0.25, 0.3) is 0 Å². The van der Waals surface area contributed by atoms with Crippen LogP contribution in [0.2, 0.25) is 4.34 Å². The Morgan fingerprint density at radius 1 is 1.58 bits per heavy atom. The first-order chi connectivity index (χ1) is 9.26. The molecule has 1 unspecified atom stereocenters. The van der Waals surface area contributed by atoms with Gasteiger partial charge in [-0.2, -0.15) is 0 Å². The zero-order valence-corrected chi connectivity index (χ0v) is 12.5. The molecule has 3 rings (SSSR count). The zero-order valence-electron chi connectivity index (χ0n) is 10.9. The van der Waals surface area contributed by atoms with Crippen molar-refractivity contribution in [2.24, 2.45) is 0 Å². The number of fused-ring (bicyclic) bond motifs is 1. The Kier molecular flexibility index (Phi) is 3.91. The highest BCUT2D eigenvalue weighted by atomic mass is 35.5. The van der Waals surface area contributed by atoms with Gasteiger partial charge in [-0.15, -0.1) is 11.3 Å². The van der Waals surface area contributed by atoms with E-state index in [1.54, 1.807) is 11.3 Å². The minimum absolute atomic E-state index is 0.379. The minimum atomic E-state index is 0.379. The Hall–Kier alpha value is -0.840. The summed E-state index contributed by atoms with van der Waals surface area (Å²) < 4.78 is 6.51. The smallest absolute Gasteiger partial charge is 0.208 e. The molecule has 0 amide bonds. The molecule has 2 heterocycles. The second-order valence-corrected chi connectivity index (χ2v) is 6.60. The fraction of sp³-hybridized carbons (Fsp3) is 0.500. The first-order valence-electron chi connectivity index (χ1n) is 6.71. The second-order valence-electron chi connectivity index (χ2n) is 4.83. The van der Waals surface area contributed by atoms with Gasteiger partial charge in [-0.1, -0.05) is 18.5 Å². The summed E-state index contributed by atoms with van der Waals surface area (Å²) in [6, 6.07) is 2.48. The van der Waals surface area contributed by atoms with Crippen molar-refractivity contribution < 1.29 is 4.42 Å². The van der Waals surface area contributed by atoms with Crippen LogP contribution < -0.4 is 5.32 Å². The van der Waals surface area contributed by atoms with Crippen molar-refractivity contribution in [1.82, 2.24) is 10.3 Å². The molecule has 1 aliphatic rings. The van der Waals surface area contributed by atoms with Crippen molar-refractivity contribution >= 4 is 22.9 Å². The van der Waals surface area contributed by atoms with Gasteiger partial charge in [0.2, 0.25) is 5.89 Å². The summed E-state index contributed by atoms with van der Waals surface area (Å²) in [5.41, 5.74) is 1.36. The van der Waals surface area contributed by atoms with Gasteiger partial charge in [0.05, 0.1) is 17.1 Å². The molecule has 1 atom stereocenters. The molecule has 0 bridgehead atoms. The zero-order chi connectivity index (χ0) is 13.2. The quantitative estimate of drug-likeness (QED) is 0.922. The Morgan fingerprint density at radius 2 is 2.47 bits per heavy atom. The van der Waals surface area contributed by atoms with Crippen molar-refractivity contribution in [3.63, 3.8) is 0 Å². The highest BCUT2D eigenvalue weighted by molar-refractivity contribution is 7.16. The maximum Gasteiger partial charge on any atom is 0.208 e. The first kappa shape index (κ1) is 13.2. The second kappa shape index (κ2) is 5.65. The predicted octanol–water partition coefficient (Wildman–Crippen LogP) is 4.12. The number of hydrogen-bond acceptors (Lipinski definition) is 4. The Bertz CT molecular complexity index is 564. The molecule has 5 heteroatoms. The molecule has 0 saturated carbocycles. The first-order valence-corrected chi connectivity index (χ1v) is 7.90. The third kappa shape index (κ3) is 2.86. The summed E-state index contributed by atoms with van der Waals surface area (Å²) in [6.45, 7) is 2.75. The van der Waals surface area contributed by atoms with E-state index in [1.807, 2.05) is 6.20 Å². The van der Waals surface area contributed by atoms with E-state index in [2.05, 4.69) is 23.3 Å². The number of oxazole rings is 1. The molecule has 0 spiro atoms. The molecular weight excluding hydrogens is 280 g/mol. The number of aryl methyl sites for hydroxylation is 2. The molecule has 0 aromatic carbocycles. The number of thiophene rings is 1. The lowest BCUT2D eigenvalue weighted by atomic mass is 9.94. The highest BCUT2D eigenvalue weighted by Crippen LogP contribution is 2.37. The standard InChI is InChI=1S/C14H17ClN2OS/c1-2-9-7-17-14(18-9)8-16-11-4-3-5-12-10(11)6-13(15)19-12/h6-7,11,16H,2-5,8H2,1H3. The number of hydrogen-bond donors (Lipinski definition) is 1. The van der Waals surface area contributed by atoms with Gasteiger partial charge in [-0.05, 0) is 30.9 Å². The van der Waals surface area contributed by atoms with Gasteiger partial charge in [-0.3, -0.25) is 0 Å². The van der Waals surface area contributed by atoms with Crippen LogP contribution in [0.1, 0.15) is 47.9 Å². The van der Waals surface area contributed by atoms with E-state index < -0.39 is 0 Å². The lowest BCUT2D eigenvalue weighted by molar-refractivity contribution is 0.398. The van der Waals surface area contributed by atoms with E-state index in [1.165, 1.54) is 16.9 Å². The van der Waals surface area contributed by atoms with Gasteiger partial charge in [0, 0.05) is 17.3 Å². The fourth-order valence-corrected chi connectivity index (χ4v) is 3.92. The summed E-state index contributed by atoms with van der Waals surface area (Å²) in [4.78, 5) is 5.71. The lowest BCUT2D eigenvalue weighted by Gasteiger charge is -2.23. The molecule has 0 saturated heterocycles. The molecule has 1 N–H and O–H groups in total. The SMILES string of the molecule is CCc1cnc(CNC2CCCc3sc(Cl)cc32)o1. The maximum atomic E-state index is 6.12. The highest BCUT2D eigenvalue weighted by Gasteiger charge is 2.22. The Morgan fingerprint density at radius 3 is 3.26 bits per heavy atom. The van der Waals surface area contributed by atoms with Crippen molar-refractivity contribution in [1.29, 1.82) is 0 Å². The summed E-state index contributed by atoms with van der Waals surface area (Å²) in [5, 5.41) is 3.54. The van der Waals surface area contributed by atoms with Gasteiger partial charge < -0.3 is 9.73 Å². The van der Waals surface area contributed by atoms with E-state index >= 15 is 0 Å². The molecular formula is C14H17ClN2OS. The topological polar surface area (TPSA) is 38.1 Å². The largest absolute Gasteiger partial charge is 0.444 e. The van der Waals surface area contributed by atoms with E-state index in [0.717, 1.165) is 35.2 Å². The molecule has 3 nitrogen and oxygen atoms in total.